The molecule has 1 heterocycles. The van der Waals surface area contributed by atoms with Gasteiger partial charge in [0.25, 0.3) is 0 Å². The van der Waals surface area contributed by atoms with Crippen molar-refractivity contribution in [1.82, 2.24) is 0 Å². The van der Waals surface area contributed by atoms with E-state index < -0.39 is 0 Å². The van der Waals surface area contributed by atoms with E-state index in [1.54, 1.807) is 11.3 Å². The molecule has 2 aromatic carbocycles. The van der Waals surface area contributed by atoms with Crippen LogP contribution in [0.4, 0.5) is 0 Å². The van der Waals surface area contributed by atoms with Gasteiger partial charge in [0.2, 0.25) is 0 Å². The molecule has 1 aromatic heterocycles. The summed E-state index contributed by atoms with van der Waals surface area (Å²) in [6.45, 7) is 4.36. The molecule has 0 aliphatic carbocycles. The van der Waals surface area contributed by atoms with Crippen LogP contribution in [0.15, 0.2) is 73.3 Å². The van der Waals surface area contributed by atoms with Crippen molar-refractivity contribution in [3.63, 3.8) is 0 Å². The largest absolute Gasteiger partial charge is 0.327 e. The van der Waals surface area contributed by atoms with Gasteiger partial charge in [-0.05, 0) is 22.4 Å². The molecule has 0 fully saturated rings. The van der Waals surface area contributed by atoms with Crippen LogP contribution in [0.5, 0.6) is 0 Å². The van der Waals surface area contributed by atoms with Gasteiger partial charge in [0, 0.05) is 21.5 Å². The third-order valence-electron chi connectivity index (χ3n) is 3.66. The van der Waals surface area contributed by atoms with Crippen LogP contribution in [0.25, 0.3) is 33.7 Å². The van der Waals surface area contributed by atoms with Crippen LogP contribution < -0.4 is 15.5 Å². The van der Waals surface area contributed by atoms with Gasteiger partial charge in [-0.2, -0.15) is 0 Å². The molecule has 0 radical (unpaired) electrons. The Kier molecular flexibility index (Phi) is 4.86. The Bertz CT molecular complexity index is 906. The van der Waals surface area contributed by atoms with Gasteiger partial charge >= 0.3 is 0 Å². The minimum absolute atomic E-state index is 0.517. The number of allylic oxidation sites excluding steroid dienone is 1. The molecule has 0 aliphatic rings. The Labute approximate surface area is 140 Å². The number of rotatable bonds is 4. The summed E-state index contributed by atoms with van der Waals surface area (Å²) in [6, 6.07) is 21.0. The molecule has 0 atom stereocenters. The quantitative estimate of drug-likeness (QED) is 0.778. The van der Waals surface area contributed by atoms with Crippen LogP contribution >= 0.6 is 11.3 Å². The summed E-state index contributed by atoms with van der Waals surface area (Å²) in [5, 5.41) is 1.20. The topological polar surface area (TPSA) is 26.0 Å². The summed E-state index contributed by atoms with van der Waals surface area (Å²) in [7, 11) is 0. The average Bonchev–Trinajstić information content (AvgIpc) is 2.96. The summed E-state index contributed by atoms with van der Waals surface area (Å²) in [6.07, 6.45) is 5.99. The van der Waals surface area contributed by atoms with Gasteiger partial charge in [0.15, 0.2) is 0 Å². The molecule has 0 aliphatic heterocycles. The van der Waals surface area contributed by atoms with Crippen molar-refractivity contribution in [3.8, 4) is 21.6 Å². The first-order valence-corrected chi connectivity index (χ1v) is 8.43. The van der Waals surface area contributed by atoms with Crippen molar-refractivity contribution < 1.29 is 0 Å². The Morgan fingerprint density at radius 1 is 0.913 bits per heavy atom. The second-order valence-corrected chi connectivity index (χ2v) is 6.21. The van der Waals surface area contributed by atoms with Gasteiger partial charge in [-0.15, -0.1) is 11.3 Å². The van der Waals surface area contributed by atoms with E-state index in [-0.39, 0.29) is 0 Å². The Morgan fingerprint density at radius 2 is 1.52 bits per heavy atom. The zero-order valence-corrected chi connectivity index (χ0v) is 13.7. The zero-order chi connectivity index (χ0) is 16.1. The van der Waals surface area contributed by atoms with Gasteiger partial charge in [0.05, 0.1) is 0 Å². The molecule has 1 nitrogen and oxygen atoms in total. The van der Waals surface area contributed by atoms with E-state index in [1.807, 2.05) is 18.2 Å². The Balaban J connectivity index is 2.41. The SMILES string of the molecule is C=C/C=c1/sc(-c2ccccc2)c(-c2ccccc2)/c1=C/CN. The van der Waals surface area contributed by atoms with Crippen LogP contribution in [0.2, 0.25) is 0 Å². The van der Waals surface area contributed by atoms with Crippen LogP contribution in [-0.2, 0) is 0 Å². The minimum Gasteiger partial charge on any atom is -0.327 e. The molecular weight excluding hydrogens is 298 g/mol. The van der Waals surface area contributed by atoms with Crippen molar-refractivity contribution in [3.05, 3.63) is 83.1 Å². The highest BCUT2D eigenvalue weighted by molar-refractivity contribution is 7.14. The third-order valence-corrected chi connectivity index (χ3v) is 4.88. The molecular formula is C21H19NS. The monoisotopic (exact) mass is 317 g/mol. The second kappa shape index (κ2) is 7.23. The Hall–Kier alpha value is -2.42. The smallest absolute Gasteiger partial charge is 0.0433 e. The highest BCUT2D eigenvalue weighted by Crippen LogP contribution is 2.31. The molecule has 0 saturated heterocycles. The first-order valence-electron chi connectivity index (χ1n) is 7.62. The number of hydrogen-bond acceptors (Lipinski definition) is 2. The molecule has 0 bridgehead atoms. The average molecular weight is 317 g/mol. The fourth-order valence-electron chi connectivity index (χ4n) is 2.70. The van der Waals surface area contributed by atoms with Crippen molar-refractivity contribution in [2.24, 2.45) is 5.73 Å². The third kappa shape index (κ3) is 3.19. The summed E-state index contributed by atoms with van der Waals surface area (Å²) >= 11 is 1.78. The van der Waals surface area contributed by atoms with Gasteiger partial charge in [-0.1, -0.05) is 79.4 Å². The van der Waals surface area contributed by atoms with Gasteiger partial charge in [-0.3, -0.25) is 0 Å². The maximum atomic E-state index is 5.83. The van der Waals surface area contributed by atoms with Gasteiger partial charge < -0.3 is 5.73 Å². The van der Waals surface area contributed by atoms with Gasteiger partial charge in [0.1, 0.15) is 0 Å². The normalized spacial score (nSPS) is 12.6. The number of hydrogen-bond donors (Lipinski definition) is 1. The molecule has 114 valence electrons. The van der Waals surface area contributed by atoms with E-state index in [0.717, 1.165) is 0 Å². The highest BCUT2D eigenvalue weighted by atomic mass is 32.1. The number of benzene rings is 2. The van der Waals surface area contributed by atoms with Crippen molar-refractivity contribution in [2.45, 2.75) is 0 Å². The zero-order valence-electron chi connectivity index (χ0n) is 12.9. The fraction of sp³-hybridized carbons (Fsp3) is 0.0476. The second-order valence-electron chi connectivity index (χ2n) is 5.16. The maximum Gasteiger partial charge on any atom is 0.0433 e. The lowest BCUT2D eigenvalue weighted by Crippen LogP contribution is -2.21. The fourth-order valence-corrected chi connectivity index (χ4v) is 3.96. The minimum atomic E-state index is 0.517. The molecule has 3 rings (SSSR count). The molecule has 0 saturated carbocycles. The van der Waals surface area contributed by atoms with E-state index in [0.29, 0.717) is 6.54 Å². The van der Waals surface area contributed by atoms with E-state index >= 15 is 0 Å². The molecule has 0 unspecified atom stereocenters. The van der Waals surface area contributed by atoms with Crippen molar-refractivity contribution >= 4 is 23.5 Å². The lowest BCUT2D eigenvalue weighted by molar-refractivity contribution is 1.31. The van der Waals surface area contributed by atoms with E-state index in [2.05, 4.69) is 67.3 Å². The molecule has 0 spiro atoms. The summed E-state index contributed by atoms with van der Waals surface area (Å²) in [5.41, 5.74) is 9.52. The summed E-state index contributed by atoms with van der Waals surface area (Å²) in [5.74, 6) is 0. The van der Waals surface area contributed by atoms with Gasteiger partial charge in [-0.25, -0.2) is 0 Å². The van der Waals surface area contributed by atoms with Crippen molar-refractivity contribution in [2.75, 3.05) is 6.54 Å². The lowest BCUT2D eigenvalue weighted by Gasteiger charge is -2.05. The first-order chi connectivity index (χ1) is 11.3. The number of thiophene rings is 1. The van der Waals surface area contributed by atoms with Crippen LogP contribution in [-0.4, -0.2) is 6.54 Å². The lowest BCUT2D eigenvalue weighted by atomic mass is 10.0. The summed E-state index contributed by atoms with van der Waals surface area (Å²) in [4.78, 5) is 1.27. The predicted octanol–water partition coefficient (Wildman–Crippen LogP) is 3.79. The van der Waals surface area contributed by atoms with E-state index in [1.165, 1.54) is 31.3 Å². The molecule has 3 aromatic rings. The van der Waals surface area contributed by atoms with Crippen molar-refractivity contribution in [1.29, 1.82) is 0 Å². The Morgan fingerprint density at radius 3 is 2.09 bits per heavy atom. The predicted molar refractivity (Wildman–Crippen MR) is 103 cm³/mol. The standard InChI is InChI=1S/C21H19NS/c1-2-9-19-18(14-15-22)20(16-10-5-3-6-11-16)21(23-19)17-12-7-4-8-13-17/h2-14H,1,15,22H2/b18-14+,19-9+. The summed E-state index contributed by atoms with van der Waals surface area (Å²) < 4.78 is 1.20. The highest BCUT2D eigenvalue weighted by Gasteiger charge is 2.12. The van der Waals surface area contributed by atoms with Crippen LogP contribution in [0.3, 0.4) is 0 Å². The van der Waals surface area contributed by atoms with Crippen LogP contribution in [0.1, 0.15) is 0 Å². The molecule has 23 heavy (non-hydrogen) atoms. The molecule has 2 heteroatoms. The number of nitrogens with two attached hydrogens (primary N) is 1. The van der Waals surface area contributed by atoms with E-state index in [4.69, 9.17) is 5.73 Å². The maximum absolute atomic E-state index is 5.83. The molecule has 0 amide bonds. The molecule has 2 N–H and O–H groups in total. The first kappa shape index (κ1) is 15.5. The van der Waals surface area contributed by atoms with E-state index in [9.17, 15) is 0 Å². The van der Waals surface area contributed by atoms with Crippen LogP contribution in [0, 0.1) is 0 Å².